The number of piperazine rings is 1. The minimum Gasteiger partial charge on any atom is -0.389 e. The van der Waals surface area contributed by atoms with Crippen LogP contribution in [0.3, 0.4) is 0 Å². The Morgan fingerprint density at radius 3 is 2.50 bits per heavy atom. The van der Waals surface area contributed by atoms with Gasteiger partial charge < -0.3 is 10.6 Å². The molecule has 0 aromatic heterocycles. The molecule has 2 aliphatic rings. The van der Waals surface area contributed by atoms with E-state index in [9.17, 15) is 4.39 Å². The summed E-state index contributed by atoms with van der Waals surface area (Å²) >= 11 is 4.83. The molecule has 1 aromatic carbocycles. The van der Waals surface area contributed by atoms with Crippen molar-refractivity contribution in [1.29, 1.82) is 0 Å². The second kappa shape index (κ2) is 5.66. The molecule has 1 saturated carbocycles. The average molecular weight is 293 g/mol. The molecule has 0 atom stereocenters. The molecule has 3 nitrogen and oxygen atoms in total. The predicted octanol–water partition coefficient (Wildman–Crippen LogP) is 1.99. The van der Waals surface area contributed by atoms with Crippen LogP contribution in [0.25, 0.3) is 0 Å². The van der Waals surface area contributed by atoms with Crippen molar-refractivity contribution in [3.05, 3.63) is 29.6 Å². The first-order valence-electron chi connectivity index (χ1n) is 7.20. The molecule has 0 radical (unpaired) electrons. The molecule has 0 unspecified atom stereocenters. The molecule has 1 saturated heterocycles. The van der Waals surface area contributed by atoms with Crippen LogP contribution >= 0.6 is 12.2 Å². The Hall–Kier alpha value is -1.20. The van der Waals surface area contributed by atoms with Gasteiger partial charge in [-0.05, 0) is 37.0 Å². The molecular formula is C15H20FN3S. The van der Waals surface area contributed by atoms with E-state index in [1.807, 2.05) is 6.07 Å². The van der Waals surface area contributed by atoms with Crippen molar-refractivity contribution in [3.63, 3.8) is 0 Å². The molecule has 108 valence electrons. The summed E-state index contributed by atoms with van der Waals surface area (Å²) < 4.78 is 13.9. The Balaban J connectivity index is 1.62. The number of benzene rings is 1. The van der Waals surface area contributed by atoms with Gasteiger partial charge in [0.25, 0.3) is 0 Å². The first-order valence-corrected chi connectivity index (χ1v) is 7.61. The van der Waals surface area contributed by atoms with E-state index in [0.29, 0.717) is 5.56 Å². The van der Waals surface area contributed by atoms with Crippen molar-refractivity contribution < 1.29 is 4.39 Å². The summed E-state index contributed by atoms with van der Waals surface area (Å²) in [5.41, 5.74) is 6.74. The van der Waals surface area contributed by atoms with Crippen molar-refractivity contribution >= 4 is 22.9 Å². The van der Waals surface area contributed by atoms with E-state index >= 15 is 0 Å². The van der Waals surface area contributed by atoms with Gasteiger partial charge in [0.2, 0.25) is 0 Å². The highest BCUT2D eigenvalue weighted by molar-refractivity contribution is 7.80. The number of thiocarbonyl (C=S) groups is 1. The van der Waals surface area contributed by atoms with Crippen molar-refractivity contribution in [1.82, 2.24) is 4.90 Å². The number of anilines is 1. The Morgan fingerprint density at radius 2 is 1.95 bits per heavy atom. The molecule has 1 aliphatic carbocycles. The van der Waals surface area contributed by atoms with Gasteiger partial charge in [0.05, 0.1) is 0 Å². The van der Waals surface area contributed by atoms with Crippen LogP contribution in [-0.4, -0.2) is 42.6 Å². The monoisotopic (exact) mass is 293 g/mol. The number of halogens is 1. The Bertz CT molecular complexity index is 508. The van der Waals surface area contributed by atoms with Gasteiger partial charge in [-0.25, -0.2) is 4.39 Å². The third kappa shape index (κ3) is 3.10. The van der Waals surface area contributed by atoms with Gasteiger partial charge in [0.1, 0.15) is 10.8 Å². The maximum atomic E-state index is 13.9. The molecule has 2 fully saturated rings. The molecule has 1 aromatic rings. The zero-order valence-corrected chi connectivity index (χ0v) is 12.3. The second-order valence-electron chi connectivity index (χ2n) is 5.76. The number of hydrogen-bond donors (Lipinski definition) is 1. The molecular weight excluding hydrogens is 273 g/mol. The third-order valence-corrected chi connectivity index (χ3v) is 4.39. The lowest BCUT2D eigenvalue weighted by Gasteiger charge is -2.36. The lowest BCUT2D eigenvalue weighted by molar-refractivity contribution is 0.248. The maximum absolute atomic E-state index is 13.9. The second-order valence-corrected chi connectivity index (χ2v) is 6.20. The van der Waals surface area contributed by atoms with Gasteiger partial charge in [-0.2, -0.15) is 0 Å². The van der Waals surface area contributed by atoms with E-state index in [4.69, 9.17) is 18.0 Å². The highest BCUT2D eigenvalue weighted by Crippen LogP contribution is 2.30. The molecule has 5 heteroatoms. The van der Waals surface area contributed by atoms with Crippen molar-refractivity contribution in [2.24, 2.45) is 11.7 Å². The first kappa shape index (κ1) is 13.8. The van der Waals surface area contributed by atoms with Crippen molar-refractivity contribution in [2.45, 2.75) is 12.8 Å². The quantitative estimate of drug-likeness (QED) is 0.861. The largest absolute Gasteiger partial charge is 0.389 e. The third-order valence-electron chi connectivity index (χ3n) is 4.17. The Labute approximate surface area is 124 Å². The van der Waals surface area contributed by atoms with E-state index in [-0.39, 0.29) is 10.8 Å². The molecule has 0 amide bonds. The van der Waals surface area contributed by atoms with Crippen LogP contribution in [0.1, 0.15) is 18.4 Å². The SMILES string of the molecule is NC(=S)c1ccc(N2CCN(CC3CC3)CC2)cc1F. The fourth-order valence-corrected chi connectivity index (χ4v) is 2.92. The lowest BCUT2D eigenvalue weighted by atomic mass is 10.1. The molecule has 0 bridgehead atoms. The fraction of sp³-hybridized carbons (Fsp3) is 0.533. The summed E-state index contributed by atoms with van der Waals surface area (Å²) in [6, 6.07) is 5.14. The van der Waals surface area contributed by atoms with Gasteiger partial charge in [0, 0.05) is 44.0 Å². The number of rotatable bonds is 4. The van der Waals surface area contributed by atoms with Crippen LogP contribution in [0.5, 0.6) is 0 Å². The van der Waals surface area contributed by atoms with Gasteiger partial charge in [-0.15, -0.1) is 0 Å². The lowest BCUT2D eigenvalue weighted by Crippen LogP contribution is -2.47. The van der Waals surface area contributed by atoms with Crippen molar-refractivity contribution in [3.8, 4) is 0 Å². The molecule has 2 N–H and O–H groups in total. The number of hydrogen-bond acceptors (Lipinski definition) is 3. The van der Waals surface area contributed by atoms with Gasteiger partial charge in [-0.3, -0.25) is 4.90 Å². The summed E-state index contributed by atoms with van der Waals surface area (Å²) in [4.78, 5) is 4.87. The zero-order chi connectivity index (χ0) is 14.1. The van der Waals surface area contributed by atoms with E-state index in [2.05, 4.69) is 9.80 Å². The van der Waals surface area contributed by atoms with E-state index in [1.165, 1.54) is 19.4 Å². The van der Waals surface area contributed by atoms with E-state index in [0.717, 1.165) is 37.8 Å². The normalized spacial score (nSPS) is 20.1. The number of nitrogens with two attached hydrogens (primary N) is 1. The maximum Gasteiger partial charge on any atom is 0.135 e. The van der Waals surface area contributed by atoms with Crippen molar-refractivity contribution in [2.75, 3.05) is 37.6 Å². The standard InChI is InChI=1S/C15H20FN3S/c16-14-9-12(3-4-13(14)15(17)20)19-7-5-18(6-8-19)10-11-1-2-11/h3-4,9,11H,1-2,5-8,10H2,(H2,17,20). The minimum absolute atomic E-state index is 0.114. The van der Waals surface area contributed by atoms with E-state index in [1.54, 1.807) is 12.1 Å². The Kier molecular flexibility index (Phi) is 3.89. The van der Waals surface area contributed by atoms with Crippen LogP contribution in [0.4, 0.5) is 10.1 Å². The van der Waals surface area contributed by atoms with Crippen LogP contribution in [-0.2, 0) is 0 Å². The minimum atomic E-state index is -0.324. The molecule has 1 heterocycles. The molecule has 1 aliphatic heterocycles. The zero-order valence-electron chi connectivity index (χ0n) is 11.5. The van der Waals surface area contributed by atoms with Gasteiger partial charge in [0.15, 0.2) is 0 Å². The summed E-state index contributed by atoms with van der Waals surface area (Å²) in [7, 11) is 0. The van der Waals surface area contributed by atoms with Gasteiger partial charge >= 0.3 is 0 Å². The molecule has 0 spiro atoms. The van der Waals surface area contributed by atoms with Crippen LogP contribution < -0.4 is 10.6 Å². The summed E-state index contributed by atoms with van der Waals surface area (Å²) in [6.07, 6.45) is 2.79. The highest BCUT2D eigenvalue weighted by atomic mass is 32.1. The first-order chi connectivity index (χ1) is 9.63. The van der Waals surface area contributed by atoms with Crippen LogP contribution in [0, 0.1) is 11.7 Å². The molecule has 3 rings (SSSR count). The van der Waals surface area contributed by atoms with Gasteiger partial charge in [-0.1, -0.05) is 12.2 Å². The molecule has 20 heavy (non-hydrogen) atoms. The summed E-state index contributed by atoms with van der Waals surface area (Å²) in [6.45, 7) is 5.28. The average Bonchev–Trinajstić information content (AvgIpc) is 3.23. The van der Waals surface area contributed by atoms with Crippen LogP contribution in [0.15, 0.2) is 18.2 Å². The number of nitrogens with zero attached hydrogens (tertiary/aromatic N) is 2. The summed E-state index contributed by atoms with van der Waals surface area (Å²) in [5.74, 6) is 0.610. The fourth-order valence-electron chi connectivity index (χ4n) is 2.75. The van der Waals surface area contributed by atoms with Crippen LogP contribution in [0.2, 0.25) is 0 Å². The smallest absolute Gasteiger partial charge is 0.135 e. The predicted molar refractivity (Wildman–Crippen MR) is 83.7 cm³/mol. The highest BCUT2D eigenvalue weighted by Gasteiger charge is 2.26. The topological polar surface area (TPSA) is 32.5 Å². The summed E-state index contributed by atoms with van der Waals surface area (Å²) in [5, 5.41) is 0. The van der Waals surface area contributed by atoms with E-state index < -0.39 is 0 Å². The Morgan fingerprint density at radius 1 is 1.25 bits per heavy atom.